The fourth-order valence-electron chi connectivity index (χ4n) is 4.30. The van der Waals surface area contributed by atoms with Crippen LogP contribution in [0.3, 0.4) is 0 Å². The predicted molar refractivity (Wildman–Crippen MR) is 160 cm³/mol. The van der Waals surface area contributed by atoms with Crippen LogP contribution in [0.2, 0.25) is 0 Å². The van der Waals surface area contributed by atoms with Gasteiger partial charge in [-0.05, 0) is 74.1 Å². The van der Waals surface area contributed by atoms with Gasteiger partial charge in [0.05, 0.1) is 0 Å². The predicted octanol–water partition coefficient (Wildman–Crippen LogP) is 8.63. The molecule has 0 aliphatic carbocycles. The molecular formula is C32H46FNO5S. The number of rotatable bonds is 22. The second-order valence-electron chi connectivity index (χ2n) is 10.1. The molecule has 0 aliphatic heterocycles. The highest BCUT2D eigenvalue weighted by atomic mass is 32.3. The lowest BCUT2D eigenvalue weighted by Crippen LogP contribution is -2.24. The average Bonchev–Trinajstić information content (AvgIpc) is 2.93. The second-order valence-corrected chi connectivity index (χ2v) is 11.1. The number of carbonyl (C=O) groups excluding carboxylic acids is 1. The number of hydrogen-bond donors (Lipinski definition) is 1. The van der Waals surface area contributed by atoms with E-state index >= 15 is 0 Å². The van der Waals surface area contributed by atoms with Crippen molar-refractivity contribution in [2.45, 2.75) is 103 Å². The van der Waals surface area contributed by atoms with Crippen LogP contribution in [0.5, 0.6) is 11.5 Å². The van der Waals surface area contributed by atoms with E-state index in [1.165, 1.54) is 101 Å². The average molecular weight is 576 g/mol. The van der Waals surface area contributed by atoms with Crippen molar-refractivity contribution in [3.63, 3.8) is 0 Å². The standard InChI is InChI=1S/C32H46FNO5S/c1-2-3-4-5-6-7-8-9-10-11-12-13-14-15-16-17-26-34-32(35)29-20-18-28(19-21-29)27-38-30-22-24-31(25-23-30)39-40(33,36)37/h9-10,18-25H,2-8,11-17,26-27H2,1H3,(H,34,35). The molecule has 0 bridgehead atoms. The first-order chi connectivity index (χ1) is 19.4. The summed E-state index contributed by atoms with van der Waals surface area (Å²) >= 11 is 0. The van der Waals surface area contributed by atoms with E-state index in [0.29, 0.717) is 17.9 Å². The fraction of sp³-hybridized carbons (Fsp3) is 0.531. The number of unbranched alkanes of at least 4 members (excludes halogenated alkanes) is 12. The quantitative estimate of drug-likeness (QED) is 0.0863. The number of carbonyl (C=O) groups is 1. The molecule has 8 heteroatoms. The fourth-order valence-corrected chi connectivity index (χ4v) is 4.64. The van der Waals surface area contributed by atoms with Gasteiger partial charge in [-0.1, -0.05) is 92.9 Å². The Morgan fingerprint density at radius 2 is 1.27 bits per heavy atom. The molecule has 222 valence electrons. The van der Waals surface area contributed by atoms with Gasteiger partial charge in [0.15, 0.2) is 0 Å². The number of amides is 1. The molecule has 1 amide bonds. The summed E-state index contributed by atoms with van der Waals surface area (Å²) in [7, 11) is -5.05. The molecule has 0 heterocycles. The van der Waals surface area contributed by atoms with Gasteiger partial charge in [0.2, 0.25) is 0 Å². The van der Waals surface area contributed by atoms with Crippen LogP contribution >= 0.6 is 0 Å². The van der Waals surface area contributed by atoms with Crippen molar-refractivity contribution in [1.82, 2.24) is 5.32 Å². The van der Waals surface area contributed by atoms with Gasteiger partial charge < -0.3 is 14.2 Å². The van der Waals surface area contributed by atoms with E-state index in [0.717, 1.165) is 18.4 Å². The van der Waals surface area contributed by atoms with Crippen molar-refractivity contribution in [2.24, 2.45) is 0 Å². The Hall–Kier alpha value is -2.87. The molecule has 0 fully saturated rings. The Morgan fingerprint density at radius 1 is 0.750 bits per heavy atom. The monoisotopic (exact) mass is 575 g/mol. The first-order valence-corrected chi connectivity index (χ1v) is 16.1. The van der Waals surface area contributed by atoms with Crippen molar-refractivity contribution < 1.29 is 26.0 Å². The third-order valence-electron chi connectivity index (χ3n) is 6.62. The van der Waals surface area contributed by atoms with E-state index in [4.69, 9.17) is 4.74 Å². The Kier molecular flexibility index (Phi) is 16.7. The number of allylic oxidation sites excluding steroid dienone is 2. The molecule has 2 aromatic rings. The Labute approximate surface area is 240 Å². The van der Waals surface area contributed by atoms with E-state index in [1.807, 2.05) is 12.1 Å². The molecule has 40 heavy (non-hydrogen) atoms. The van der Waals surface area contributed by atoms with Crippen LogP contribution in [-0.4, -0.2) is 20.9 Å². The number of halogens is 1. The van der Waals surface area contributed by atoms with Gasteiger partial charge in [-0.3, -0.25) is 4.79 Å². The van der Waals surface area contributed by atoms with E-state index in [9.17, 15) is 17.1 Å². The summed E-state index contributed by atoms with van der Waals surface area (Å²) in [6, 6.07) is 12.8. The molecule has 0 saturated heterocycles. The van der Waals surface area contributed by atoms with Crippen molar-refractivity contribution in [1.29, 1.82) is 0 Å². The van der Waals surface area contributed by atoms with Crippen LogP contribution in [0, 0.1) is 0 Å². The minimum absolute atomic E-state index is 0.0846. The summed E-state index contributed by atoms with van der Waals surface area (Å²) in [6.07, 6.45) is 22.4. The van der Waals surface area contributed by atoms with E-state index < -0.39 is 10.5 Å². The first kappa shape index (κ1) is 33.3. The zero-order chi connectivity index (χ0) is 28.9. The lowest BCUT2D eigenvalue weighted by atomic mass is 10.1. The number of nitrogens with one attached hydrogen (secondary N) is 1. The molecule has 1 N–H and O–H groups in total. The van der Waals surface area contributed by atoms with Crippen LogP contribution in [-0.2, 0) is 17.1 Å². The topological polar surface area (TPSA) is 81.7 Å². The molecule has 0 atom stereocenters. The molecular weight excluding hydrogens is 529 g/mol. The number of hydrogen-bond acceptors (Lipinski definition) is 5. The maximum Gasteiger partial charge on any atom is 0.488 e. The van der Waals surface area contributed by atoms with Crippen LogP contribution < -0.4 is 14.2 Å². The smallest absolute Gasteiger partial charge is 0.488 e. The molecule has 0 radical (unpaired) electrons. The van der Waals surface area contributed by atoms with Gasteiger partial charge in [-0.25, -0.2) is 0 Å². The van der Waals surface area contributed by atoms with E-state index in [2.05, 4.69) is 28.6 Å². The van der Waals surface area contributed by atoms with Crippen LogP contribution in [0.15, 0.2) is 60.7 Å². The highest BCUT2D eigenvalue weighted by Gasteiger charge is 2.09. The van der Waals surface area contributed by atoms with Crippen molar-refractivity contribution in [3.8, 4) is 11.5 Å². The Balaban J connectivity index is 1.48. The summed E-state index contributed by atoms with van der Waals surface area (Å²) in [4.78, 5) is 12.4. The maximum atomic E-state index is 12.5. The van der Waals surface area contributed by atoms with Crippen molar-refractivity contribution in [3.05, 3.63) is 71.8 Å². The molecule has 6 nitrogen and oxygen atoms in total. The molecule has 0 saturated carbocycles. The van der Waals surface area contributed by atoms with E-state index in [1.54, 1.807) is 12.1 Å². The summed E-state index contributed by atoms with van der Waals surface area (Å²) in [5, 5.41) is 2.99. The minimum atomic E-state index is -5.05. The molecule has 0 aliphatic rings. The lowest BCUT2D eigenvalue weighted by molar-refractivity contribution is 0.0953. The van der Waals surface area contributed by atoms with E-state index in [-0.39, 0.29) is 18.3 Å². The summed E-state index contributed by atoms with van der Waals surface area (Å²) in [6.45, 7) is 3.20. The second kappa shape index (κ2) is 20.1. The van der Waals surface area contributed by atoms with Gasteiger partial charge in [0, 0.05) is 12.1 Å². The zero-order valence-electron chi connectivity index (χ0n) is 23.9. The van der Waals surface area contributed by atoms with Gasteiger partial charge in [-0.2, -0.15) is 8.42 Å². The lowest BCUT2D eigenvalue weighted by Gasteiger charge is -2.09. The van der Waals surface area contributed by atoms with Crippen LogP contribution in [0.1, 0.15) is 113 Å². The minimum Gasteiger partial charge on any atom is -0.489 e. The van der Waals surface area contributed by atoms with Gasteiger partial charge >= 0.3 is 10.5 Å². The first-order valence-electron chi connectivity index (χ1n) is 14.8. The van der Waals surface area contributed by atoms with Crippen LogP contribution in [0.4, 0.5) is 3.89 Å². The number of ether oxygens (including phenoxy) is 1. The van der Waals surface area contributed by atoms with Gasteiger partial charge in [-0.15, -0.1) is 0 Å². The normalized spacial score (nSPS) is 11.6. The Morgan fingerprint density at radius 3 is 1.85 bits per heavy atom. The largest absolute Gasteiger partial charge is 0.489 e. The molecule has 2 rings (SSSR count). The number of benzene rings is 2. The molecule has 2 aromatic carbocycles. The van der Waals surface area contributed by atoms with Gasteiger partial charge in [0.25, 0.3) is 5.91 Å². The third kappa shape index (κ3) is 16.3. The molecule has 0 aromatic heterocycles. The van der Waals surface area contributed by atoms with Gasteiger partial charge in [0.1, 0.15) is 18.1 Å². The highest BCUT2D eigenvalue weighted by Crippen LogP contribution is 2.20. The molecule has 0 spiro atoms. The highest BCUT2D eigenvalue weighted by molar-refractivity contribution is 7.81. The zero-order valence-corrected chi connectivity index (χ0v) is 24.7. The summed E-state index contributed by atoms with van der Waals surface area (Å²) < 4.78 is 43.4. The summed E-state index contributed by atoms with van der Waals surface area (Å²) in [5.41, 5.74) is 1.47. The summed E-state index contributed by atoms with van der Waals surface area (Å²) in [5.74, 6) is 0.252. The van der Waals surface area contributed by atoms with Crippen molar-refractivity contribution in [2.75, 3.05) is 6.54 Å². The Bertz CT molecular complexity index is 1090. The molecule has 0 unspecified atom stereocenters. The third-order valence-corrected chi connectivity index (χ3v) is 7.01. The van der Waals surface area contributed by atoms with Crippen molar-refractivity contribution >= 4 is 16.4 Å². The SMILES string of the molecule is CCCCCCCCC=CCCCCCCCCNC(=O)c1ccc(COc2ccc(OS(=O)(=O)F)cc2)cc1. The maximum absolute atomic E-state index is 12.5. The van der Waals surface area contributed by atoms with Crippen LogP contribution in [0.25, 0.3) is 0 Å².